The largest absolute Gasteiger partial charge is 0.307 e. The summed E-state index contributed by atoms with van der Waals surface area (Å²) in [7, 11) is 0. The molecule has 1 N–H and O–H groups in total. The average Bonchev–Trinajstić information content (AvgIpc) is 2.80. The summed E-state index contributed by atoms with van der Waals surface area (Å²) in [4.78, 5) is 0. The van der Waals surface area contributed by atoms with E-state index in [2.05, 4.69) is 30.4 Å². The third-order valence-electron chi connectivity index (χ3n) is 3.94. The standard InChI is InChI=1S/C17H17Cl2N/c1-11(12-3-2-4-15(18)7-12)20-17-9-13-5-6-16(19)8-14(13)10-17/h2-8,11,17,20H,9-10H2,1H3. The number of fused-ring (bicyclic) bond motifs is 1. The van der Waals surface area contributed by atoms with Gasteiger partial charge in [-0.1, -0.05) is 41.4 Å². The van der Waals surface area contributed by atoms with E-state index >= 15 is 0 Å². The van der Waals surface area contributed by atoms with E-state index in [4.69, 9.17) is 23.2 Å². The molecule has 1 aliphatic rings. The Labute approximate surface area is 129 Å². The molecule has 0 heterocycles. The molecule has 20 heavy (non-hydrogen) atoms. The van der Waals surface area contributed by atoms with Crippen molar-refractivity contribution in [3.63, 3.8) is 0 Å². The molecule has 3 rings (SSSR count). The van der Waals surface area contributed by atoms with Gasteiger partial charge < -0.3 is 5.32 Å². The third-order valence-corrected chi connectivity index (χ3v) is 4.41. The first-order valence-corrected chi connectivity index (χ1v) is 7.66. The van der Waals surface area contributed by atoms with Crippen LogP contribution >= 0.6 is 23.2 Å². The van der Waals surface area contributed by atoms with Crippen molar-refractivity contribution in [3.8, 4) is 0 Å². The predicted octanol–water partition coefficient (Wildman–Crippen LogP) is 4.81. The number of hydrogen-bond donors (Lipinski definition) is 1. The number of halogens is 2. The van der Waals surface area contributed by atoms with Gasteiger partial charge in [-0.2, -0.15) is 0 Å². The van der Waals surface area contributed by atoms with Gasteiger partial charge in [-0.15, -0.1) is 0 Å². The highest BCUT2D eigenvalue weighted by atomic mass is 35.5. The second kappa shape index (κ2) is 5.77. The highest BCUT2D eigenvalue weighted by molar-refractivity contribution is 6.30. The third kappa shape index (κ3) is 3.01. The summed E-state index contributed by atoms with van der Waals surface area (Å²) in [5, 5.41) is 5.30. The molecule has 2 aromatic carbocycles. The molecular formula is C17H17Cl2N. The molecule has 0 fully saturated rings. The zero-order chi connectivity index (χ0) is 14.1. The Balaban J connectivity index is 1.68. The van der Waals surface area contributed by atoms with Crippen molar-refractivity contribution >= 4 is 23.2 Å². The molecule has 0 spiro atoms. The van der Waals surface area contributed by atoms with E-state index in [1.807, 2.05) is 24.3 Å². The van der Waals surface area contributed by atoms with Crippen LogP contribution in [-0.2, 0) is 12.8 Å². The van der Waals surface area contributed by atoms with Gasteiger partial charge in [0, 0.05) is 22.1 Å². The Morgan fingerprint density at radius 2 is 1.75 bits per heavy atom. The number of benzene rings is 2. The van der Waals surface area contributed by atoms with Crippen LogP contribution in [0.3, 0.4) is 0 Å². The Bertz CT molecular complexity index is 624. The van der Waals surface area contributed by atoms with Crippen LogP contribution < -0.4 is 5.32 Å². The number of nitrogens with one attached hydrogen (secondary N) is 1. The smallest absolute Gasteiger partial charge is 0.0409 e. The molecular weight excluding hydrogens is 289 g/mol. The second-order valence-corrected chi connectivity index (χ2v) is 6.33. The monoisotopic (exact) mass is 305 g/mol. The van der Waals surface area contributed by atoms with Gasteiger partial charge in [0.25, 0.3) is 0 Å². The van der Waals surface area contributed by atoms with E-state index in [0.29, 0.717) is 12.1 Å². The maximum Gasteiger partial charge on any atom is 0.0409 e. The fourth-order valence-corrected chi connectivity index (χ4v) is 3.32. The minimum Gasteiger partial charge on any atom is -0.307 e. The fraction of sp³-hybridized carbons (Fsp3) is 0.294. The fourth-order valence-electron chi connectivity index (χ4n) is 2.93. The molecule has 2 aromatic rings. The molecule has 0 amide bonds. The average molecular weight is 306 g/mol. The molecule has 1 nitrogen and oxygen atoms in total. The van der Waals surface area contributed by atoms with Gasteiger partial charge in [0.2, 0.25) is 0 Å². The van der Waals surface area contributed by atoms with Crippen LogP contribution in [0, 0.1) is 0 Å². The van der Waals surface area contributed by atoms with Gasteiger partial charge in [-0.25, -0.2) is 0 Å². The summed E-state index contributed by atoms with van der Waals surface area (Å²) in [6.45, 7) is 2.18. The Hall–Kier alpha value is -1.02. The van der Waals surface area contributed by atoms with Crippen molar-refractivity contribution in [1.29, 1.82) is 0 Å². The molecule has 0 saturated heterocycles. The van der Waals surface area contributed by atoms with E-state index in [1.165, 1.54) is 16.7 Å². The maximum absolute atomic E-state index is 6.06. The van der Waals surface area contributed by atoms with Crippen molar-refractivity contribution in [2.24, 2.45) is 0 Å². The van der Waals surface area contributed by atoms with Gasteiger partial charge in [-0.05, 0) is 60.7 Å². The predicted molar refractivity (Wildman–Crippen MR) is 85.7 cm³/mol. The normalized spacial score (nSPS) is 18.9. The van der Waals surface area contributed by atoms with E-state index in [9.17, 15) is 0 Å². The van der Waals surface area contributed by atoms with Crippen molar-refractivity contribution in [2.45, 2.75) is 31.8 Å². The van der Waals surface area contributed by atoms with Crippen LogP contribution in [0.4, 0.5) is 0 Å². The van der Waals surface area contributed by atoms with Crippen molar-refractivity contribution in [2.75, 3.05) is 0 Å². The first-order chi connectivity index (χ1) is 9.61. The lowest BCUT2D eigenvalue weighted by Gasteiger charge is -2.19. The lowest BCUT2D eigenvalue weighted by molar-refractivity contribution is 0.467. The molecule has 0 aliphatic heterocycles. The van der Waals surface area contributed by atoms with Gasteiger partial charge >= 0.3 is 0 Å². The molecule has 104 valence electrons. The van der Waals surface area contributed by atoms with E-state index in [-0.39, 0.29) is 0 Å². The lowest BCUT2D eigenvalue weighted by atomic mass is 10.1. The van der Waals surface area contributed by atoms with Gasteiger partial charge in [0.1, 0.15) is 0 Å². The SMILES string of the molecule is CC(NC1Cc2ccc(Cl)cc2C1)c1cccc(Cl)c1. The van der Waals surface area contributed by atoms with Crippen molar-refractivity contribution in [3.05, 3.63) is 69.2 Å². The summed E-state index contributed by atoms with van der Waals surface area (Å²) in [6, 6.07) is 15.0. The molecule has 3 heteroatoms. The first-order valence-electron chi connectivity index (χ1n) is 6.90. The highest BCUT2D eigenvalue weighted by Gasteiger charge is 2.23. The molecule has 2 atom stereocenters. The van der Waals surface area contributed by atoms with E-state index < -0.39 is 0 Å². The summed E-state index contributed by atoms with van der Waals surface area (Å²) < 4.78 is 0. The quantitative estimate of drug-likeness (QED) is 0.858. The molecule has 0 radical (unpaired) electrons. The van der Waals surface area contributed by atoms with Gasteiger partial charge in [-0.3, -0.25) is 0 Å². The summed E-state index contributed by atoms with van der Waals surface area (Å²) >= 11 is 12.1. The molecule has 0 aromatic heterocycles. The minimum atomic E-state index is 0.295. The molecule has 1 aliphatic carbocycles. The highest BCUT2D eigenvalue weighted by Crippen LogP contribution is 2.27. The molecule has 0 saturated carbocycles. The van der Waals surface area contributed by atoms with E-state index in [0.717, 1.165) is 22.9 Å². The molecule has 0 bridgehead atoms. The van der Waals surface area contributed by atoms with Crippen LogP contribution in [0.15, 0.2) is 42.5 Å². The summed E-state index contributed by atoms with van der Waals surface area (Å²) in [6.07, 6.45) is 2.11. The lowest BCUT2D eigenvalue weighted by Crippen LogP contribution is -2.32. The molecule has 2 unspecified atom stereocenters. The van der Waals surface area contributed by atoms with Gasteiger partial charge in [0.15, 0.2) is 0 Å². The van der Waals surface area contributed by atoms with E-state index in [1.54, 1.807) is 0 Å². The van der Waals surface area contributed by atoms with Crippen LogP contribution in [0.1, 0.15) is 29.7 Å². The summed E-state index contributed by atoms with van der Waals surface area (Å²) in [5.41, 5.74) is 4.00. The zero-order valence-electron chi connectivity index (χ0n) is 11.4. The first kappa shape index (κ1) is 13.9. The summed E-state index contributed by atoms with van der Waals surface area (Å²) in [5.74, 6) is 0. The van der Waals surface area contributed by atoms with Crippen LogP contribution in [-0.4, -0.2) is 6.04 Å². The van der Waals surface area contributed by atoms with Crippen LogP contribution in [0.25, 0.3) is 0 Å². The number of rotatable bonds is 3. The number of hydrogen-bond acceptors (Lipinski definition) is 1. The zero-order valence-corrected chi connectivity index (χ0v) is 12.9. The Morgan fingerprint density at radius 3 is 2.55 bits per heavy atom. The van der Waals surface area contributed by atoms with Crippen molar-refractivity contribution < 1.29 is 0 Å². The van der Waals surface area contributed by atoms with Crippen LogP contribution in [0.5, 0.6) is 0 Å². The van der Waals surface area contributed by atoms with Gasteiger partial charge in [0.05, 0.1) is 0 Å². The maximum atomic E-state index is 6.06. The van der Waals surface area contributed by atoms with Crippen molar-refractivity contribution in [1.82, 2.24) is 5.32 Å². The Kier molecular flexibility index (Phi) is 4.02. The Morgan fingerprint density at radius 1 is 1.00 bits per heavy atom. The minimum absolute atomic E-state index is 0.295. The topological polar surface area (TPSA) is 12.0 Å². The second-order valence-electron chi connectivity index (χ2n) is 5.46. The van der Waals surface area contributed by atoms with Crippen LogP contribution in [0.2, 0.25) is 10.0 Å².